The number of nitrogens with one attached hydrogen (secondary N) is 2. The van der Waals surface area contributed by atoms with Gasteiger partial charge in [0, 0.05) is 19.1 Å². The number of fused-ring (bicyclic) bond motifs is 1. The summed E-state index contributed by atoms with van der Waals surface area (Å²) >= 11 is 0. The Hall–Kier alpha value is -1.69. The molecule has 1 unspecified atom stereocenters. The van der Waals surface area contributed by atoms with Crippen molar-refractivity contribution in [3.05, 3.63) is 12.7 Å². The van der Waals surface area contributed by atoms with Gasteiger partial charge in [-0.15, -0.1) is 0 Å². The molecular weight excluding hydrogens is 240 g/mol. The maximum Gasteiger partial charge on any atom is 0.182 e. The molecule has 0 radical (unpaired) electrons. The third-order valence-corrected chi connectivity index (χ3v) is 3.66. The Morgan fingerprint density at radius 3 is 3.26 bits per heavy atom. The van der Waals surface area contributed by atoms with E-state index < -0.39 is 0 Å². The standard InChI is InChI=1S/C13H20N6/c1-2-5-14-7-10-4-3-6-19(10)13-11-12(16-8-15-11)17-9-18-13/h8-10,14H,2-7H2,1H3,(H,15,16,17,18). The summed E-state index contributed by atoms with van der Waals surface area (Å²) in [5.74, 6) is 0.989. The molecule has 1 atom stereocenters. The number of aromatic nitrogens is 4. The SMILES string of the molecule is CCCNCC1CCCN1c1ncnc2nc[nH]c12. The first kappa shape index (κ1) is 12.3. The summed E-state index contributed by atoms with van der Waals surface area (Å²) < 4.78 is 0. The number of rotatable bonds is 5. The fraction of sp³-hybridized carbons (Fsp3) is 0.615. The maximum atomic E-state index is 4.46. The average molecular weight is 260 g/mol. The van der Waals surface area contributed by atoms with Crippen LogP contribution in [0.2, 0.25) is 0 Å². The van der Waals surface area contributed by atoms with Gasteiger partial charge in [-0.2, -0.15) is 0 Å². The van der Waals surface area contributed by atoms with E-state index in [9.17, 15) is 0 Å². The highest BCUT2D eigenvalue weighted by molar-refractivity contribution is 5.82. The van der Waals surface area contributed by atoms with Crippen molar-refractivity contribution >= 4 is 17.0 Å². The van der Waals surface area contributed by atoms with Crippen LogP contribution >= 0.6 is 0 Å². The van der Waals surface area contributed by atoms with Gasteiger partial charge in [0.05, 0.1) is 6.33 Å². The zero-order valence-corrected chi connectivity index (χ0v) is 11.3. The van der Waals surface area contributed by atoms with Crippen molar-refractivity contribution in [3.63, 3.8) is 0 Å². The third kappa shape index (κ3) is 2.40. The van der Waals surface area contributed by atoms with Crippen molar-refractivity contribution < 1.29 is 0 Å². The molecule has 0 bridgehead atoms. The Bertz CT molecular complexity index is 537. The Kier molecular flexibility index (Phi) is 3.59. The third-order valence-electron chi connectivity index (χ3n) is 3.66. The zero-order valence-electron chi connectivity index (χ0n) is 11.3. The molecule has 19 heavy (non-hydrogen) atoms. The van der Waals surface area contributed by atoms with Gasteiger partial charge in [-0.3, -0.25) is 0 Å². The largest absolute Gasteiger partial charge is 0.350 e. The van der Waals surface area contributed by atoms with Gasteiger partial charge in [0.25, 0.3) is 0 Å². The molecule has 0 aromatic carbocycles. The lowest BCUT2D eigenvalue weighted by Gasteiger charge is -2.26. The second kappa shape index (κ2) is 5.52. The van der Waals surface area contributed by atoms with Crippen molar-refractivity contribution in [2.75, 3.05) is 24.5 Å². The summed E-state index contributed by atoms with van der Waals surface area (Å²) in [5.41, 5.74) is 1.70. The highest BCUT2D eigenvalue weighted by Crippen LogP contribution is 2.27. The zero-order chi connectivity index (χ0) is 13.1. The summed E-state index contributed by atoms with van der Waals surface area (Å²) in [6.45, 7) is 5.35. The molecule has 2 N–H and O–H groups in total. The Morgan fingerprint density at radius 1 is 1.42 bits per heavy atom. The van der Waals surface area contributed by atoms with Gasteiger partial charge in [-0.05, 0) is 25.8 Å². The molecule has 3 rings (SSSR count). The Labute approximate surface area is 112 Å². The van der Waals surface area contributed by atoms with E-state index in [4.69, 9.17) is 0 Å². The second-order valence-electron chi connectivity index (χ2n) is 4.99. The van der Waals surface area contributed by atoms with Crippen LogP contribution in [-0.4, -0.2) is 45.6 Å². The summed E-state index contributed by atoms with van der Waals surface area (Å²) in [6.07, 6.45) is 6.90. The van der Waals surface area contributed by atoms with Crippen molar-refractivity contribution in [2.24, 2.45) is 0 Å². The second-order valence-corrected chi connectivity index (χ2v) is 4.99. The molecule has 0 aliphatic carbocycles. The van der Waals surface area contributed by atoms with Gasteiger partial charge >= 0.3 is 0 Å². The van der Waals surface area contributed by atoms with E-state index >= 15 is 0 Å². The van der Waals surface area contributed by atoms with E-state index in [2.05, 4.69) is 37.1 Å². The van der Waals surface area contributed by atoms with Crippen LogP contribution in [0.25, 0.3) is 11.2 Å². The minimum atomic E-state index is 0.521. The summed E-state index contributed by atoms with van der Waals surface area (Å²) in [5, 5.41) is 3.51. The molecule has 6 nitrogen and oxygen atoms in total. The molecule has 3 heterocycles. The Morgan fingerprint density at radius 2 is 2.37 bits per heavy atom. The van der Waals surface area contributed by atoms with E-state index in [0.29, 0.717) is 6.04 Å². The van der Waals surface area contributed by atoms with E-state index in [1.807, 2.05) is 0 Å². The van der Waals surface area contributed by atoms with Crippen molar-refractivity contribution in [3.8, 4) is 0 Å². The lowest BCUT2D eigenvalue weighted by atomic mass is 10.2. The molecule has 0 spiro atoms. The first-order chi connectivity index (χ1) is 9.40. The van der Waals surface area contributed by atoms with E-state index in [1.165, 1.54) is 19.3 Å². The minimum absolute atomic E-state index is 0.521. The first-order valence-corrected chi connectivity index (χ1v) is 7.01. The molecule has 1 aliphatic rings. The minimum Gasteiger partial charge on any atom is -0.350 e. The molecule has 2 aromatic heterocycles. The fourth-order valence-corrected chi connectivity index (χ4v) is 2.74. The van der Waals surface area contributed by atoms with Crippen LogP contribution in [0.1, 0.15) is 26.2 Å². The van der Waals surface area contributed by atoms with Gasteiger partial charge in [0.1, 0.15) is 11.8 Å². The van der Waals surface area contributed by atoms with Crippen LogP contribution in [0, 0.1) is 0 Å². The summed E-state index contributed by atoms with van der Waals surface area (Å²) in [7, 11) is 0. The number of nitrogens with zero attached hydrogens (tertiary/aromatic N) is 4. The molecule has 1 aliphatic heterocycles. The fourth-order valence-electron chi connectivity index (χ4n) is 2.74. The number of hydrogen-bond acceptors (Lipinski definition) is 5. The van der Waals surface area contributed by atoms with Crippen LogP contribution in [0.3, 0.4) is 0 Å². The molecule has 1 saturated heterocycles. The number of anilines is 1. The van der Waals surface area contributed by atoms with Crippen molar-refractivity contribution in [1.29, 1.82) is 0 Å². The Balaban J connectivity index is 1.81. The normalized spacial score (nSPS) is 19.4. The molecule has 0 amide bonds. The monoisotopic (exact) mass is 260 g/mol. The van der Waals surface area contributed by atoms with Crippen LogP contribution in [0.4, 0.5) is 5.82 Å². The van der Waals surface area contributed by atoms with Gasteiger partial charge in [-0.25, -0.2) is 15.0 Å². The smallest absolute Gasteiger partial charge is 0.182 e. The predicted octanol–water partition coefficient (Wildman–Crippen LogP) is 1.32. The van der Waals surface area contributed by atoms with Crippen LogP contribution in [-0.2, 0) is 0 Å². The summed E-state index contributed by atoms with van der Waals surface area (Å²) in [4.78, 5) is 18.4. The molecule has 102 valence electrons. The first-order valence-electron chi connectivity index (χ1n) is 7.01. The number of hydrogen-bond donors (Lipinski definition) is 2. The molecule has 0 saturated carbocycles. The lowest BCUT2D eigenvalue weighted by Crippen LogP contribution is -2.38. The predicted molar refractivity (Wildman–Crippen MR) is 75.2 cm³/mol. The quantitative estimate of drug-likeness (QED) is 0.794. The van der Waals surface area contributed by atoms with Crippen molar-refractivity contribution in [2.45, 2.75) is 32.2 Å². The molecule has 6 heteroatoms. The molecular formula is C13H20N6. The van der Waals surface area contributed by atoms with Crippen molar-refractivity contribution in [1.82, 2.24) is 25.3 Å². The summed E-state index contributed by atoms with van der Waals surface area (Å²) in [6, 6.07) is 0.521. The van der Waals surface area contributed by atoms with E-state index in [1.54, 1.807) is 12.7 Å². The highest BCUT2D eigenvalue weighted by atomic mass is 15.3. The maximum absolute atomic E-state index is 4.46. The van der Waals surface area contributed by atoms with Crippen LogP contribution < -0.4 is 10.2 Å². The van der Waals surface area contributed by atoms with Crippen LogP contribution in [0.15, 0.2) is 12.7 Å². The van der Waals surface area contributed by atoms with E-state index in [0.717, 1.165) is 36.6 Å². The molecule has 2 aromatic rings. The lowest BCUT2D eigenvalue weighted by molar-refractivity contribution is 0.569. The topological polar surface area (TPSA) is 69.7 Å². The van der Waals surface area contributed by atoms with E-state index in [-0.39, 0.29) is 0 Å². The number of H-pyrrole nitrogens is 1. The van der Waals surface area contributed by atoms with Gasteiger partial charge < -0.3 is 15.2 Å². The van der Waals surface area contributed by atoms with Crippen LogP contribution in [0.5, 0.6) is 0 Å². The number of aromatic amines is 1. The van der Waals surface area contributed by atoms with Gasteiger partial charge in [0.2, 0.25) is 0 Å². The number of imidazole rings is 1. The molecule has 1 fully saturated rings. The van der Waals surface area contributed by atoms with Gasteiger partial charge in [0.15, 0.2) is 11.5 Å². The van der Waals surface area contributed by atoms with Gasteiger partial charge in [-0.1, -0.05) is 6.92 Å². The average Bonchev–Trinajstić information content (AvgIpc) is 3.07. The highest BCUT2D eigenvalue weighted by Gasteiger charge is 2.27.